The maximum absolute atomic E-state index is 12.9. The van der Waals surface area contributed by atoms with Gasteiger partial charge in [-0.15, -0.1) is 12.4 Å². The second kappa shape index (κ2) is 6.32. The number of H-pyrrole nitrogens is 1. The molecule has 1 amide bonds. The average molecular weight is 345 g/mol. The van der Waals surface area contributed by atoms with Crippen LogP contribution in [0, 0.1) is 13.8 Å². The number of para-hydroxylation sites is 1. The number of carbonyl (C=O) groups is 1. The van der Waals surface area contributed by atoms with Crippen LogP contribution < -0.4 is 0 Å². The fraction of sp³-hybridized carbons (Fsp3) is 0.333. The van der Waals surface area contributed by atoms with Crippen LogP contribution >= 0.6 is 12.4 Å². The molecule has 1 aliphatic rings. The molecule has 2 aromatic heterocycles. The van der Waals surface area contributed by atoms with Crippen LogP contribution in [0.3, 0.4) is 0 Å². The molecule has 0 atom stereocenters. The van der Waals surface area contributed by atoms with Crippen molar-refractivity contribution in [2.75, 3.05) is 13.1 Å². The zero-order valence-corrected chi connectivity index (χ0v) is 14.7. The van der Waals surface area contributed by atoms with E-state index in [4.69, 9.17) is 0 Å². The van der Waals surface area contributed by atoms with E-state index in [0.29, 0.717) is 6.54 Å². The first-order valence-corrected chi connectivity index (χ1v) is 8.04. The van der Waals surface area contributed by atoms with Crippen LogP contribution in [0.1, 0.15) is 22.6 Å². The van der Waals surface area contributed by atoms with Gasteiger partial charge in [0, 0.05) is 42.7 Å². The van der Waals surface area contributed by atoms with E-state index in [1.807, 2.05) is 34.6 Å². The van der Waals surface area contributed by atoms with Crippen LogP contribution in [-0.4, -0.2) is 38.6 Å². The van der Waals surface area contributed by atoms with Crippen LogP contribution in [0.15, 0.2) is 30.6 Å². The van der Waals surface area contributed by atoms with Crippen molar-refractivity contribution in [2.24, 2.45) is 0 Å². The number of aromatic amines is 1. The normalized spacial score (nSPS) is 13.9. The standard InChI is InChI=1S/C18H20N4O.ClH/c1-12-14-5-3-4-6-17(14)22-16(12)8-10-21(18(22)23)9-7-15-13(2)19-11-20-15;/h3-6,11H,7-10H2,1-2H3,(H,19,20);1H. The number of nitrogens with one attached hydrogen (secondary N) is 1. The first-order valence-electron chi connectivity index (χ1n) is 8.04. The summed E-state index contributed by atoms with van der Waals surface area (Å²) in [5.41, 5.74) is 5.53. The van der Waals surface area contributed by atoms with Gasteiger partial charge >= 0.3 is 6.03 Å². The Hall–Kier alpha value is -2.27. The Balaban J connectivity index is 0.00000169. The topological polar surface area (TPSA) is 53.9 Å². The molecule has 24 heavy (non-hydrogen) atoms. The summed E-state index contributed by atoms with van der Waals surface area (Å²) in [7, 11) is 0. The molecular formula is C18H21ClN4O. The van der Waals surface area contributed by atoms with Gasteiger partial charge in [-0.25, -0.2) is 9.78 Å². The summed E-state index contributed by atoms with van der Waals surface area (Å²) in [6.45, 7) is 5.61. The van der Waals surface area contributed by atoms with E-state index in [9.17, 15) is 4.79 Å². The van der Waals surface area contributed by atoms with Crippen LogP contribution in [0.5, 0.6) is 0 Å². The molecule has 6 heteroatoms. The Morgan fingerprint density at radius 2 is 2.04 bits per heavy atom. The van der Waals surface area contributed by atoms with E-state index in [0.717, 1.165) is 42.0 Å². The fourth-order valence-corrected chi connectivity index (χ4v) is 3.54. The second-order valence-electron chi connectivity index (χ2n) is 6.17. The summed E-state index contributed by atoms with van der Waals surface area (Å²) in [5, 5.41) is 1.18. The molecule has 1 aromatic carbocycles. The van der Waals surface area contributed by atoms with Gasteiger partial charge in [0.15, 0.2) is 0 Å². The van der Waals surface area contributed by atoms with E-state index in [1.165, 1.54) is 10.9 Å². The van der Waals surface area contributed by atoms with E-state index < -0.39 is 0 Å². The predicted octanol–water partition coefficient (Wildman–Crippen LogP) is 3.47. The van der Waals surface area contributed by atoms with Crippen molar-refractivity contribution in [2.45, 2.75) is 26.7 Å². The lowest BCUT2D eigenvalue weighted by Gasteiger charge is -2.29. The van der Waals surface area contributed by atoms with E-state index in [2.05, 4.69) is 23.0 Å². The molecule has 1 aliphatic heterocycles. The highest BCUT2D eigenvalue weighted by atomic mass is 35.5. The summed E-state index contributed by atoms with van der Waals surface area (Å²) in [6, 6.07) is 8.24. The number of aromatic nitrogens is 3. The molecule has 3 aromatic rings. The minimum absolute atomic E-state index is 0. The van der Waals surface area contributed by atoms with Gasteiger partial charge < -0.3 is 9.88 Å². The maximum atomic E-state index is 12.9. The summed E-state index contributed by atoms with van der Waals surface area (Å²) >= 11 is 0. The third kappa shape index (κ3) is 2.49. The van der Waals surface area contributed by atoms with Gasteiger partial charge in [0.2, 0.25) is 0 Å². The van der Waals surface area contributed by atoms with Crippen LogP contribution in [0.2, 0.25) is 0 Å². The summed E-state index contributed by atoms with van der Waals surface area (Å²) in [5.74, 6) is 0. The van der Waals surface area contributed by atoms with E-state index in [-0.39, 0.29) is 18.4 Å². The van der Waals surface area contributed by atoms with Crippen molar-refractivity contribution in [3.63, 3.8) is 0 Å². The highest BCUT2D eigenvalue weighted by molar-refractivity contribution is 5.96. The Labute approximate surface area is 147 Å². The summed E-state index contributed by atoms with van der Waals surface area (Å²) < 4.78 is 1.89. The SMILES string of the molecule is Cc1[nH]cnc1CCN1CCc2c(C)c3ccccc3n2C1=O.Cl. The van der Waals surface area contributed by atoms with Gasteiger partial charge in [-0.3, -0.25) is 4.57 Å². The zero-order valence-electron chi connectivity index (χ0n) is 13.9. The number of imidazole rings is 1. The van der Waals surface area contributed by atoms with Gasteiger partial charge in [0.25, 0.3) is 0 Å². The van der Waals surface area contributed by atoms with Crippen molar-refractivity contribution in [3.8, 4) is 0 Å². The Bertz CT molecular complexity index is 896. The average Bonchev–Trinajstić information content (AvgIpc) is 3.10. The molecule has 0 fully saturated rings. The molecule has 0 saturated carbocycles. The number of aryl methyl sites for hydroxylation is 2. The smallest absolute Gasteiger partial charge is 0.328 e. The molecule has 0 aliphatic carbocycles. The highest BCUT2D eigenvalue weighted by Gasteiger charge is 2.27. The number of nitrogens with zero attached hydrogens (tertiary/aromatic N) is 3. The largest absolute Gasteiger partial charge is 0.348 e. The Morgan fingerprint density at radius 3 is 2.79 bits per heavy atom. The quantitative estimate of drug-likeness (QED) is 0.791. The van der Waals surface area contributed by atoms with Gasteiger partial charge in [0.05, 0.1) is 17.5 Å². The van der Waals surface area contributed by atoms with Crippen LogP contribution in [0.25, 0.3) is 10.9 Å². The third-order valence-corrected chi connectivity index (χ3v) is 4.88. The van der Waals surface area contributed by atoms with Crippen molar-refractivity contribution in [1.29, 1.82) is 0 Å². The van der Waals surface area contributed by atoms with E-state index >= 15 is 0 Å². The molecule has 0 spiro atoms. The molecule has 1 N–H and O–H groups in total. The Morgan fingerprint density at radius 1 is 1.25 bits per heavy atom. The number of halogens is 1. The van der Waals surface area contributed by atoms with Gasteiger partial charge in [-0.05, 0) is 25.5 Å². The molecule has 0 saturated heterocycles. The molecule has 3 heterocycles. The molecule has 0 bridgehead atoms. The van der Waals surface area contributed by atoms with Gasteiger partial charge in [-0.2, -0.15) is 0 Å². The van der Waals surface area contributed by atoms with Crippen LogP contribution in [-0.2, 0) is 12.8 Å². The zero-order chi connectivity index (χ0) is 16.0. The number of rotatable bonds is 3. The van der Waals surface area contributed by atoms with Crippen molar-refractivity contribution in [3.05, 3.63) is 53.2 Å². The minimum atomic E-state index is 0. The molecule has 5 nitrogen and oxygen atoms in total. The number of hydrogen-bond acceptors (Lipinski definition) is 2. The lowest BCUT2D eigenvalue weighted by atomic mass is 10.1. The lowest BCUT2D eigenvalue weighted by Crippen LogP contribution is -2.42. The van der Waals surface area contributed by atoms with Gasteiger partial charge in [0.1, 0.15) is 0 Å². The number of carbonyl (C=O) groups excluding carboxylic acids is 1. The van der Waals surface area contributed by atoms with E-state index in [1.54, 1.807) is 6.33 Å². The predicted molar refractivity (Wildman–Crippen MR) is 97.0 cm³/mol. The minimum Gasteiger partial charge on any atom is -0.348 e. The van der Waals surface area contributed by atoms with Gasteiger partial charge in [-0.1, -0.05) is 18.2 Å². The molecule has 0 radical (unpaired) electrons. The number of hydrogen-bond donors (Lipinski definition) is 1. The van der Waals surface area contributed by atoms with Crippen molar-refractivity contribution >= 4 is 29.3 Å². The monoisotopic (exact) mass is 344 g/mol. The third-order valence-electron chi connectivity index (χ3n) is 4.88. The van der Waals surface area contributed by atoms with Crippen molar-refractivity contribution < 1.29 is 4.79 Å². The fourth-order valence-electron chi connectivity index (χ4n) is 3.54. The summed E-state index contributed by atoms with van der Waals surface area (Å²) in [6.07, 6.45) is 3.41. The van der Waals surface area contributed by atoms with Crippen LogP contribution in [0.4, 0.5) is 4.79 Å². The molecule has 126 valence electrons. The number of amides is 1. The molecular weight excluding hydrogens is 324 g/mol. The molecule has 4 rings (SSSR count). The second-order valence-corrected chi connectivity index (χ2v) is 6.17. The highest BCUT2D eigenvalue weighted by Crippen LogP contribution is 2.29. The summed E-state index contributed by atoms with van der Waals surface area (Å²) in [4.78, 5) is 22.3. The first-order chi connectivity index (χ1) is 11.2. The maximum Gasteiger partial charge on any atom is 0.328 e. The number of benzene rings is 1. The first kappa shape index (κ1) is 16.6. The number of fused-ring (bicyclic) bond motifs is 3. The van der Waals surface area contributed by atoms with Crippen molar-refractivity contribution in [1.82, 2.24) is 19.4 Å². The molecule has 0 unspecified atom stereocenters. The lowest BCUT2D eigenvalue weighted by molar-refractivity contribution is 0.194. The Kier molecular flexibility index (Phi) is 4.37.